The molecule has 0 atom stereocenters. The van der Waals surface area contributed by atoms with Gasteiger partial charge in [0.15, 0.2) is 17.4 Å². The summed E-state index contributed by atoms with van der Waals surface area (Å²) in [5.74, 6) is -2.30. The van der Waals surface area contributed by atoms with E-state index in [2.05, 4.69) is 0 Å². The molecule has 0 bridgehead atoms. The van der Waals surface area contributed by atoms with Crippen molar-refractivity contribution in [2.24, 2.45) is 0 Å². The third-order valence-corrected chi connectivity index (χ3v) is 2.69. The number of allylic oxidation sites excluding steroid dienone is 1. The van der Waals surface area contributed by atoms with Gasteiger partial charge in [-0.1, -0.05) is 12.1 Å². The van der Waals surface area contributed by atoms with Crippen molar-refractivity contribution in [3.63, 3.8) is 0 Å². The number of ketones is 1. The van der Waals surface area contributed by atoms with Crippen LogP contribution in [0.3, 0.4) is 0 Å². The van der Waals surface area contributed by atoms with Crippen LogP contribution in [0.2, 0.25) is 0 Å². The van der Waals surface area contributed by atoms with Gasteiger partial charge in [0.1, 0.15) is 0 Å². The number of carbonyl (C=O) groups excluding carboxylic acids is 1. The van der Waals surface area contributed by atoms with Crippen LogP contribution in [-0.2, 0) is 0 Å². The molecule has 0 unspecified atom stereocenters. The van der Waals surface area contributed by atoms with Gasteiger partial charge in [-0.2, -0.15) is 5.26 Å². The molecule has 2 aromatic carbocycles. The summed E-state index contributed by atoms with van der Waals surface area (Å²) in [7, 11) is 0. The minimum atomic E-state index is -0.989. The van der Waals surface area contributed by atoms with Crippen molar-refractivity contribution in [1.29, 1.82) is 5.26 Å². The number of hydrogen-bond acceptors (Lipinski definition) is 2. The molecule has 0 aromatic heterocycles. The topological polar surface area (TPSA) is 40.9 Å². The lowest BCUT2D eigenvalue weighted by atomic mass is 10.1. The molecule has 4 heteroatoms. The van der Waals surface area contributed by atoms with Crippen molar-refractivity contribution in [3.05, 3.63) is 76.9 Å². The first-order valence-electron chi connectivity index (χ1n) is 5.78. The van der Waals surface area contributed by atoms with E-state index in [-0.39, 0.29) is 11.3 Å². The highest BCUT2D eigenvalue weighted by atomic mass is 19.2. The number of benzene rings is 2. The second kappa shape index (κ2) is 5.89. The lowest BCUT2D eigenvalue weighted by Crippen LogP contribution is -1.94. The molecule has 2 nitrogen and oxygen atoms in total. The van der Waals surface area contributed by atoms with Gasteiger partial charge in [0.2, 0.25) is 0 Å². The Kier molecular flexibility index (Phi) is 4.02. The molecule has 98 valence electrons. The highest BCUT2D eigenvalue weighted by Gasteiger charge is 2.06. The molecule has 2 aromatic rings. The summed E-state index contributed by atoms with van der Waals surface area (Å²) in [4.78, 5) is 11.8. The maximum Gasteiger partial charge on any atom is 0.185 e. The van der Waals surface area contributed by atoms with E-state index >= 15 is 0 Å². The van der Waals surface area contributed by atoms with Crippen molar-refractivity contribution < 1.29 is 13.6 Å². The molecule has 0 aliphatic heterocycles. The SMILES string of the molecule is N#Cc1ccc(C(=O)C=Cc2cccc(F)c2F)cc1. The first kappa shape index (κ1) is 13.6. The zero-order valence-corrected chi connectivity index (χ0v) is 10.3. The molecule has 0 spiro atoms. The van der Waals surface area contributed by atoms with Crippen LogP contribution in [0.5, 0.6) is 0 Å². The standard InChI is InChI=1S/C16H9F2NO/c17-14-3-1-2-13(16(14)18)8-9-15(20)12-6-4-11(10-19)5-7-12/h1-9H. The Morgan fingerprint density at radius 2 is 1.80 bits per heavy atom. The summed E-state index contributed by atoms with van der Waals surface area (Å²) in [5.41, 5.74) is 0.825. The highest BCUT2D eigenvalue weighted by Crippen LogP contribution is 2.13. The number of nitriles is 1. The molecule has 0 aliphatic carbocycles. The second-order valence-corrected chi connectivity index (χ2v) is 4.03. The average Bonchev–Trinajstić information content (AvgIpc) is 2.48. The fourth-order valence-electron chi connectivity index (χ4n) is 1.62. The van der Waals surface area contributed by atoms with Crippen LogP contribution in [0.4, 0.5) is 8.78 Å². The molecule has 0 heterocycles. The fourth-order valence-corrected chi connectivity index (χ4v) is 1.62. The Labute approximate surface area is 114 Å². The zero-order valence-electron chi connectivity index (χ0n) is 10.3. The maximum atomic E-state index is 13.4. The van der Waals surface area contributed by atoms with Gasteiger partial charge < -0.3 is 0 Å². The third kappa shape index (κ3) is 2.96. The summed E-state index contributed by atoms with van der Waals surface area (Å²) >= 11 is 0. The molecule has 0 amide bonds. The van der Waals surface area contributed by atoms with Gasteiger partial charge in [0.25, 0.3) is 0 Å². The fraction of sp³-hybridized carbons (Fsp3) is 0. The molecule has 0 saturated heterocycles. The first-order chi connectivity index (χ1) is 9.61. The Bertz CT molecular complexity index is 712. The van der Waals surface area contributed by atoms with Crippen LogP contribution in [0.15, 0.2) is 48.5 Å². The summed E-state index contributed by atoms with van der Waals surface area (Å²) in [5, 5.41) is 8.65. The van der Waals surface area contributed by atoms with E-state index in [0.29, 0.717) is 11.1 Å². The van der Waals surface area contributed by atoms with Gasteiger partial charge >= 0.3 is 0 Å². The monoisotopic (exact) mass is 269 g/mol. The summed E-state index contributed by atoms with van der Waals surface area (Å²) < 4.78 is 26.4. The lowest BCUT2D eigenvalue weighted by molar-refractivity contribution is 0.104. The smallest absolute Gasteiger partial charge is 0.185 e. The van der Waals surface area contributed by atoms with Gasteiger partial charge in [-0.15, -0.1) is 0 Å². The van der Waals surface area contributed by atoms with Crippen LogP contribution in [-0.4, -0.2) is 5.78 Å². The summed E-state index contributed by atoms with van der Waals surface area (Å²) in [6.45, 7) is 0. The van der Waals surface area contributed by atoms with Crippen LogP contribution >= 0.6 is 0 Å². The summed E-state index contributed by atoms with van der Waals surface area (Å²) in [6.07, 6.45) is 2.39. The largest absolute Gasteiger partial charge is 0.289 e. The normalized spacial score (nSPS) is 10.4. The molecule has 2 rings (SSSR count). The Balaban J connectivity index is 2.20. The second-order valence-electron chi connectivity index (χ2n) is 4.03. The van der Waals surface area contributed by atoms with Gasteiger partial charge in [-0.3, -0.25) is 4.79 Å². The Morgan fingerprint density at radius 1 is 1.10 bits per heavy atom. The molecule has 20 heavy (non-hydrogen) atoms. The molecule has 0 N–H and O–H groups in total. The van der Waals surface area contributed by atoms with Crippen LogP contribution in [0, 0.1) is 23.0 Å². The predicted molar refractivity (Wildman–Crippen MR) is 70.9 cm³/mol. The van der Waals surface area contributed by atoms with Crippen LogP contribution in [0.1, 0.15) is 21.5 Å². The van der Waals surface area contributed by atoms with E-state index in [1.165, 1.54) is 48.6 Å². The number of nitrogens with zero attached hydrogens (tertiary/aromatic N) is 1. The van der Waals surface area contributed by atoms with Crippen molar-refractivity contribution in [2.45, 2.75) is 0 Å². The van der Waals surface area contributed by atoms with Crippen molar-refractivity contribution in [3.8, 4) is 6.07 Å². The first-order valence-corrected chi connectivity index (χ1v) is 5.78. The highest BCUT2D eigenvalue weighted by molar-refractivity contribution is 6.06. The van der Waals surface area contributed by atoms with Gasteiger partial charge in [0.05, 0.1) is 11.6 Å². The Hall–Kier alpha value is -2.80. The number of halogens is 2. The minimum absolute atomic E-state index is 0.00648. The number of rotatable bonds is 3. The van der Waals surface area contributed by atoms with Crippen LogP contribution < -0.4 is 0 Å². The quantitative estimate of drug-likeness (QED) is 0.629. The van der Waals surface area contributed by atoms with E-state index in [4.69, 9.17) is 5.26 Å². The van der Waals surface area contributed by atoms with Gasteiger partial charge in [0, 0.05) is 11.1 Å². The van der Waals surface area contributed by atoms with Gasteiger partial charge in [-0.25, -0.2) is 8.78 Å². The zero-order chi connectivity index (χ0) is 14.5. The predicted octanol–water partition coefficient (Wildman–Crippen LogP) is 3.73. The van der Waals surface area contributed by atoms with Crippen LogP contribution in [0.25, 0.3) is 6.08 Å². The number of carbonyl (C=O) groups is 1. The molecule has 0 aliphatic rings. The lowest BCUT2D eigenvalue weighted by Gasteiger charge is -1.98. The van der Waals surface area contributed by atoms with Crippen molar-refractivity contribution >= 4 is 11.9 Å². The molecular formula is C16H9F2NO. The van der Waals surface area contributed by atoms with Crippen molar-refractivity contribution in [2.75, 3.05) is 0 Å². The average molecular weight is 269 g/mol. The van der Waals surface area contributed by atoms with E-state index in [1.807, 2.05) is 6.07 Å². The molecule has 0 saturated carbocycles. The van der Waals surface area contributed by atoms with Gasteiger partial charge in [-0.05, 0) is 42.5 Å². The molecular weight excluding hydrogens is 260 g/mol. The van der Waals surface area contributed by atoms with E-state index in [1.54, 1.807) is 0 Å². The third-order valence-electron chi connectivity index (χ3n) is 2.69. The summed E-state index contributed by atoms with van der Waals surface area (Å²) in [6, 6.07) is 11.7. The minimum Gasteiger partial charge on any atom is -0.289 e. The Morgan fingerprint density at radius 3 is 2.45 bits per heavy atom. The molecule has 0 fully saturated rings. The van der Waals surface area contributed by atoms with Crippen molar-refractivity contribution in [1.82, 2.24) is 0 Å². The van der Waals surface area contributed by atoms with E-state index < -0.39 is 11.6 Å². The maximum absolute atomic E-state index is 13.4. The van der Waals surface area contributed by atoms with E-state index in [0.717, 1.165) is 6.07 Å². The van der Waals surface area contributed by atoms with E-state index in [9.17, 15) is 13.6 Å². The number of hydrogen-bond donors (Lipinski definition) is 0. The molecule has 0 radical (unpaired) electrons.